The molecule has 0 saturated heterocycles. The summed E-state index contributed by atoms with van der Waals surface area (Å²) in [6.07, 6.45) is 0.501. The molecule has 0 rings (SSSR count). The van der Waals surface area contributed by atoms with Gasteiger partial charge in [0.25, 0.3) is 0 Å². The van der Waals surface area contributed by atoms with Gasteiger partial charge in [-0.1, -0.05) is 6.92 Å². The molecule has 1 unspecified atom stereocenters. The lowest BCUT2D eigenvalue weighted by Gasteiger charge is -2.28. The predicted octanol–water partition coefficient (Wildman–Crippen LogP) is 1.29. The van der Waals surface area contributed by atoms with Crippen LogP contribution in [-0.4, -0.2) is 28.0 Å². The van der Waals surface area contributed by atoms with Gasteiger partial charge >= 0.3 is 13.6 Å². The van der Waals surface area contributed by atoms with Crippen LogP contribution in [0, 0.1) is 0 Å². The first kappa shape index (κ1) is 13.6. The highest BCUT2D eigenvalue weighted by atomic mass is 31.2. The summed E-state index contributed by atoms with van der Waals surface area (Å²) in [6.45, 7) is 3.17. The van der Waals surface area contributed by atoms with Crippen LogP contribution in [0.1, 0.15) is 33.1 Å². The van der Waals surface area contributed by atoms with Crippen molar-refractivity contribution in [2.45, 2.75) is 38.3 Å². The van der Waals surface area contributed by atoms with Crippen molar-refractivity contribution >= 4 is 13.6 Å². The Kier molecular flexibility index (Phi) is 4.78. The zero-order valence-electron chi connectivity index (χ0n) is 8.69. The summed E-state index contributed by atoms with van der Waals surface area (Å²) >= 11 is 0. The maximum absolute atomic E-state index is 11.1. The van der Waals surface area contributed by atoms with E-state index in [1.807, 2.05) is 0 Å². The van der Waals surface area contributed by atoms with Crippen molar-refractivity contribution < 1.29 is 23.9 Å². The smallest absolute Gasteiger partial charge is 0.331 e. The molecule has 0 saturated carbocycles. The van der Waals surface area contributed by atoms with Crippen molar-refractivity contribution in [1.29, 1.82) is 0 Å². The number of carbonyl (C=O) groups excluding carboxylic acids is 1. The zero-order chi connectivity index (χ0) is 11.4. The number of hydrogen-bond acceptors (Lipinski definition) is 3. The molecule has 0 aliphatic carbocycles. The van der Waals surface area contributed by atoms with E-state index in [1.165, 1.54) is 14.0 Å². The minimum Gasteiger partial charge on any atom is -0.469 e. The molecular weight excluding hydrogens is 207 g/mol. The molecule has 6 heteroatoms. The van der Waals surface area contributed by atoms with E-state index in [1.54, 1.807) is 6.92 Å². The Bertz CT molecular complexity index is 246. The Morgan fingerprint density at radius 3 is 2.29 bits per heavy atom. The molecule has 0 spiro atoms. The fourth-order valence-electron chi connectivity index (χ4n) is 1.00. The molecule has 0 aliphatic heterocycles. The highest BCUT2D eigenvalue weighted by Crippen LogP contribution is 2.54. The second kappa shape index (κ2) is 4.91. The van der Waals surface area contributed by atoms with Crippen LogP contribution < -0.4 is 0 Å². The SMILES string of the molecule is CCC(C)(CCC(=O)OC)P(=O)(O)O. The summed E-state index contributed by atoms with van der Waals surface area (Å²) in [7, 11) is -2.91. The van der Waals surface area contributed by atoms with E-state index in [0.29, 0.717) is 6.42 Å². The summed E-state index contributed by atoms with van der Waals surface area (Å²) in [5.41, 5.74) is 0. The van der Waals surface area contributed by atoms with Crippen LogP contribution in [0.3, 0.4) is 0 Å². The summed E-state index contributed by atoms with van der Waals surface area (Å²) in [4.78, 5) is 29.0. The standard InChI is InChI=1S/C8H17O5P/c1-4-8(2,14(10,11)12)6-5-7(9)13-3/h4-6H2,1-3H3,(H2,10,11,12). The van der Waals surface area contributed by atoms with Crippen molar-refractivity contribution in [3.05, 3.63) is 0 Å². The van der Waals surface area contributed by atoms with Crippen LogP contribution in [0.25, 0.3) is 0 Å². The molecule has 84 valence electrons. The van der Waals surface area contributed by atoms with E-state index < -0.39 is 18.7 Å². The number of hydrogen-bond donors (Lipinski definition) is 2. The molecular formula is C8H17O5P. The molecule has 0 amide bonds. The van der Waals surface area contributed by atoms with Crippen LogP contribution in [0.2, 0.25) is 0 Å². The van der Waals surface area contributed by atoms with Gasteiger partial charge in [-0.15, -0.1) is 0 Å². The number of ether oxygens (including phenoxy) is 1. The molecule has 0 aromatic heterocycles. The fraction of sp³-hybridized carbons (Fsp3) is 0.875. The van der Waals surface area contributed by atoms with Gasteiger partial charge in [-0.25, -0.2) is 0 Å². The zero-order valence-corrected chi connectivity index (χ0v) is 9.58. The number of carbonyl (C=O) groups is 1. The highest BCUT2D eigenvalue weighted by molar-refractivity contribution is 7.53. The van der Waals surface area contributed by atoms with Crippen LogP contribution in [-0.2, 0) is 14.1 Å². The fourth-order valence-corrected chi connectivity index (χ4v) is 1.82. The Balaban J connectivity index is 4.43. The Morgan fingerprint density at radius 2 is 2.00 bits per heavy atom. The normalized spacial score (nSPS) is 16.1. The molecule has 0 aromatic carbocycles. The molecule has 0 heterocycles. The van der Waals surface area contributed by atoms with Gasteiger partial charge in [0, 0.05) is 6.42 Å². The number of methoxy groups -OCH3 is 1. The van der Waals surface area contributed by atoms with Gasteiger partial charge in [-0.2, -0.15) is 0 Å². The third-order valence-corrected chi connectivity index (χ3v) is 4.51. The molecule has 0 fully saturated rings. The molecule has 14 heavy (non-hydrogen) atoms. The van der Waals surface area contributed by atoms with Gasteiger partial charge in [0.05, 0.1) is 12.3 Å². The van der Waals surface area contributed by atoms with Gasteiger partial charge in [0.15, 0.2) is 0 Å². The van der Waals surface area contributed by atoms with Gasteiger partial charge in [0.1, 0.15) is 0 Å². The maximum atomic E-state index is 11.1. The third-order valence-electron chi connectivity index (χ3n) is 2.56. The first-order valence-electron chi connectivity index (χ1n) is 4.39. The van der Waals surface area contributed by atoms with Crippen LogP contribution in [0.4, 0.5) is 0 Å². The molecule has 5 nitrogen and oxygen atoms in total. The largest absolute Gasteiger partial charge is 0.469 e. The quantitative estimate of drug-likeness (QED) is 0.543. The predicted molar refractivity (Wildman–Crippen MR) is 52.0 cm³/mol. The monoisotopic (exact) mass is 224 g/mol. The van der Waals surface area contributed by atoms with Crippen molar-refractivity contribution in [3.8, 4) is 0 Å². The second-order valence-electron chi connectivity index (χ2n) is 3.47. The molecule has 0 aliphatic rings. The molecule has 0 aromatic rings. The molecule has 1 atom stereocenters. The van der Waals surface area contributed by atoms with E-state index in [-0.39, 0.29) is 12.8 Å². The first-order valence-corrected chi connectivity index (χ1v) is 6.00. The van der Waals surface area contributed by atoms with Crippen molar-refractivity contribution in [2.75, 3.05) is 7.11 Å². The Hall–Kier alpha value is -0.380. The lowest BCUT2D eigenvalue weighted by Crippen LogP contribution is -2.25. The first-order chi connectivity index (χ1) is 6.27. The highest BCUT2D eigenvalue weighted by Gasteiger charge is 2.40. The molecule has 0 bridgehead atoms. The van der Waals surface area contributed by atoms with Crippen molar-refractivity contribution in [1.82, 2.24) is 0 Å². The van der Waals surface area contributed by atoms with Gasteiger partial charge in [-0.05, 0) is 19.8 Å². The van der Waals surface area contributed by atoms with E-state index >= 15 is 0 Å². The molecule has 2 N–H and O–H groups in total. The summed E-state index contributed by atoms with van der Waals surface area (Å²) in [5.74, 6) is -0.446. The van der Waals surface area contributed by atoms with E-state index in [9.17, 15) is 9.36 Å². The van der Waals surface area contributed by atoms with E-state index in [0.717, 1.165) is 0 Å². The average molecular weight is 224 g/mol. The van der Waals surface area contributed by atoms with Gasteiger partial charge in [0.2, 0.25) is 0 Å². The Labute approximate surface area is 83.6 Å². The topological polar surface area (TPSA) is 83.8 Å². The minimum atomic E-state index is -4.16. The second-order valence-corrected chi connectivity index (χ2v) is 5.64. The Morgan fingerprint density at radius 1 is 1.50 bits per heavy atom. The van der Waals surface area contributed by atoms with E-state index in [4.69, 9.17) is 9.79 Å². The number of rotatable bonds is 5. The third kappa shape index (κ3) is 3.40. The average Bonchev–Trinajstić information content (AvgIpc) is 2.11. The van der Waals surface area contributed by atoms with Gasteiger partial charge < -0.3 is 14.5 Å². The summed E-state index contributed by atoms with van der Waals surface area (Å²) in [5, 5.41) is -1.12. The lowest BCUT2D eigenvalue weighted by atomic mass is 10.0. The van der Waals surface area contributed by atoms with Gasteiger partial charge in [-0.3, -0.25) is 9.36 Å². The van der Waals surface area contributed by atoms with Crippen LogP contribution >= 0.6 is 7.60 Å². The van der Waals surface area contributed by atoms with Crippen molar-refractivity contribution in [2.24, 2.45) is 0 Å². The number of esters is 1. The summed E-state index contributed by atoms with van der Waals surface area (Å²) in [6, 6.07) is 0. The lowest BCUT2D eigenvalue weighted by molar-refractivity contribution is -0.140. The molecule has 0 radical (unpaired) electrons. The van der Waals surface area contributed by atoms with E-state index in [2.05, 4.69) is 4.74 Å². The van der Waals surface area contributed by atoms with Crippen LogP contribution in [0.5, 0.6) is 0 Å². The van der Waals surface area contributed by atoms with Crippen LogP contribution in [0.15, 0.2) is 0 Å². The summed E-state index contributed by atoms with van der Waals surface area (Å²) < 4.78 is 15.5. The minimum absolute atomic E-state index is 0.0337. The maximum Gasteiger partial charge on any atom is 0.331 e. The van der Waals surface area contributed by atoms with Crippen molar-refractivity contribution in [3.63, 3.8) is 0 Å².